The molecule has 0 spiro atoms. The minimum absolute atomic E-state index is 0.484. The van der Waals surface area contributed by atoms with Crippen LogP contribution < -0.4 is 0 Å². The van der Waals surface area contributed by atoms with Gasteiger partial charge in [-0.1, -0.05) is 42.3 Å². The first kappa shape index (κ1) is 12.9. The zero-order chi connectivity index (χ0) is 14.5. The monoisotopic (exact) mass is 272 g/mol. The average Bonchev–Trinajstić information content (AvgIpc) is 2.98. The summed E-state index contributed by atoms with van der Waals surface area (Å²) in [6.07, 6.45) is 2.47. The van der Waals surface area contributed by atoms with Gasteiger partial charge in [0.2, 0.25) is 0 Å². The number of nitrogens with zero attached hydrogens (tertiary/aromatic N) is 2. The summed E-state index contributed by atoms with van der Waals surface area (Å²) in [7, 11) is 0. The van der Waals surface area contributed by atoms with E-state index in [1.807, 2.05) is 60.7 Å². The van der Waals surface area contributed by atoms with Crippen molar-refractivity contribution in [3.63, 3.8) is 0 Å². The van der Waals surface area contributed by atoms with Crippen LogP contribution in [0.25, 0.3) is 5.69 Å². The molecule has 0 radical (unpaired) electrons. The average molecular weight is 272 g/mol. The molecule has 2 aromatic carbocycles. The van der Waals surface area contributed by atoms with Crippen LogP contribution in [0.5, 0.6) is 0 Å². The SMILES string of the molecule is O=Cc1cn(-c2ccccc2)nc1C#Cc1ccccc1. The molecule has 1 heterocycles. The van der Waals surface area contributed by atoms with E-state index in [9.17, 15) is 4.79 Å². The molecule has 3 heteroatoms. The number of hydrogen-bond acceptors (Lipinski definition) is 2. The molecule has 0 aliphatic rings. The lowest BCUT2D eigenvalue weighted by molar-refractivity contribution is 0.112. The van der Waals surface area contributed by atoms with E-state index in [-0.39, 0.29) is 0 Å². The number of carbonyl (C=O) groups excluding carboxylic acids is 1. The molecule has 100 valence electrons. The lowest BCUT2D eigenvalue weighted by atomic mass is 10.2. The molecule has 1 aromatic heterocycles. The third kappa shape index (κ3) is 2.90. The van der Waals surface area contributed by atoms with Crippen LogP contribution in [0, 0.1) is 11.8 Å². The van der Waals surface area contributed by atoms with Crippen LogP contribution in [0.3, 0.4) is 0 Å². The van der Waals surface area contributed by atoms with Crippen molar-refractivity contribution in [3.8, 4) is 17.5 Å². The molecular weight excluding hydrogens is 260 g/mol. The van der Waals surface area contributed by atoms with Crippen LogP contribution in [-0.4, -0.2) is 16.1 Å². The highest BCUT2D eigenvalue weighted by Gasteiger charge is 2.06. The van der Waals surface area contributed by atoms with E-state index >= 15 is 0 Å². The van der Waals surface area contributed by atoms with Crippen molar-refractivity contribution in [2.75, 3.05) is 0 Å². The van der Waals surface area contributed by atoms with Gasteiger partial charge in [-0.15, -0.1) is 0 Å². The van der Waals surface area contributed by atoms with Gasteiger partial charge in [0.1, 0.15) is 5.69 Å². The van der Waals surface area contributed by atoms with Gasteiger partial charge in [-0.3, -0.25) is 4.79 Å². The Hall–Kier alpha value is -3.12. The number of para-hydroxylation sites is 1. The second-order valence-corrected chi connectivity index (χ2v) is 4.45. The van der Waals surface area contributed by atoms with E-state index in [4.69, 9.17) is 0 Å². The van der Waals surface area contributed by atoms with Gasteiger partial charge in [0.15, 0.2) is 6.29 Å². The van der Waals surface area contributed by atoms with Crippen molar-refractivity contribution < 1.29 is 4.79 Å². The predicted octanol–water partition coefficient (Wildman–Crippen LogP) is 3.08. The van der Waals surface area contributed by atoms with Crippen LogP contribution in [0.2, 0.25) is 0 Å². The molecule has 0 saturated heterocycles. The Labute approximate surface area is 122 Å². The molecule has 0 aliphatic heterocycles. The van der Waals surface area contributed by atoms with Gasteiger partial charge >= 0.3 is 0 Å². The van der Waals surface area contributed by atoms with Gasteiger partial charge in [-0.25, -0.2) is 4.68 Å². The van der Waals surface area contributed by atoms with Crippen LogP contribution in [-0.2, 0) is 0 Å². The molecule has 0 atom stereocenters. The standard InChI is InChI=1S/C18H12N2O/c21-14-16-13-20(17-9-5-2-6-10-17)19-18(16)12-11-15-7-3-1-4-8-15/h1-10,13-14H. The first-order valence-corrected chi connectivity index (χ1v) is 6.54. The van der Waals surface area contributed by atoms with Crippen molar-refractivity contribution in [2.24, 2.45) is 0 Å². The van der Waals surface area contributed by atoms with Gasteiger partial charge in [-0.05, 0) is 30.2 Å². The Balaban J connectivity index is 1.98. The van der Waals surface area contributed by atoms with Crippen molar-refractivity contribution in [2.45, 2.75) is 0 Å². The third-order valence-corrected chi connectivity index (χ3v) is 2.99. The Morgan fingerprint density at radius 1 is 0.905 bits per heavy atom. The van der Waals surface area contributed by atoms with Crippen molar-refractivity contribution in [1.29, 1.82) is 0 Å². The highest BCUT2D eigenvalue weighted by Crippen LogP contribution is 2.10. The maximum atomic E-state index is 11.2. The summed E-state index contributed by atoms with van der Waals surface area (Å²) in [6.45, 7) is 0. The van der Waals surface area contributed by atoms with Gasteiger partial charge in [0.05, 0.1) is 11.3 Å². The summed E-state index contributed by atoms with van der Waals surface area (Å²) in [5, 5.41) is 4.38. The normalized spacial score (nSPS) is 9.71. The van der Waals surface area contributed by atoms with Crippen molar-refractivity contribution in [3.05, 3.63) is 83.7 Å². The first-order chi connectivity index (χ1) is 10.4. The molecule has 0 saturated carbocycles. The molecule has 3 aromatic rings. The maximum Gasteiger partial charge on any atom is 0.154 e. The molecule has 0 unspecified atom stereocenters. The minimum atomic E-state index is 0.484. The molecular formula is C18H12N2O. The summed E-state index contributed by atoms with van der Waals surface area (Å²) in [4.78, 5) is 11.2. The lowest BCUT2D eigenvalue weighted by Gasteiger charge is -1.98. The molecule has 3 nitrogen and oxygen atoms in total. The smallest absolute Gasteiger partial charge is 0.154 e. The molecule has 0 amide bonds. The topological polar surface area (TPSA) is 34.9 Å². The molecule has 0 bridgehead atoms. The van der Waals surface area contributed by atoms with E-state index < -0.39 is 0 Å². The first-order valence-electron chi connectivity index (χ1n) is 6.54. The molecule has 0 N–H and O–H groups in total. The Bertz CT molecular complexity index is 809. The van der Waals surface area contributed by atoms with Gasteiger partial charge < -0.3 is 0 Å². The van der Waals surface area contributed by atoms with E-state index in [0.29, 0.717) is 11.3 Å². The molecule has 21 heavy (non-hydrogen) atoms. The largest absolute Gasteiger partial charge is 0.298 e. The zero-order valence-electron chi connectivity index (χ0n) is 11.2. The highest BCUT2D eigenvalue weighted by molar-refractivity contribution is 5.78. The maximum absolute atomic E-state index is 11.2. The van der Waals surface area contributed by atoms with Crippen LogP contribution in [0.4, 0.5) is 0 Å². The molecule has 3 rings (SSSR count). The fourth-order valence-electron chi connectivity index (χ4n) is 1.94. The highest BCUT2D eigenvalue weighted by atomic mass is 16.1. The number of rotatable bonds is 2. The fraction of sp³-hybridized carbons (Fsp3) is 0. The summed E-state index contributed by atoms with van der Waals surface area (Å²) < 4.78 is 1.67. The summed E-state index contributed by atoms with van der Waals surface area (Å²) in [6, 6.07) is 19.3. The fourth-order valence-corrected chi connectivity index (χ4v) is 1.94. The van der Waals surface area contributed by atoms with E-state index in [0.717, 1.165) is 17.5 Å². The number of aromatic nitrogens is 2. The Morgan fingerprint density at radius 2 is 1.57 bits per heavy atom. The summed E-state index contributed by atoms with van der Waals surface area (Å²) in [5.41, 5.74) is 2.76. The second kappa shape index (κ2) is 5.89. The zero-order valence-corrected chi connectivity index (χ0v) is 11.2. The second-order valence-electron chi connectivity index (χ2n) is 4.45. The summed E-state index contributed by atoms with van der Waals surface area (Å²) >= 11 is 0. The van der Waals surface area contributed by atoms with Crippen LogP contribution >= 0.6 is 0 Å². The van der Waals surface area contributed by atoms with Crippen molar-refractivity contribution in [1.82, 2.24) is 9.78 Å². The van der Waals surface area contributed by atoms with Gasteiger partial charge in [-0.2, -0.15) is 5.10 Å². The third-order valence-electron chi connectivity index (χ3n) is 2.99. The quantitative estimate of drug-likeness (QED) is 0.531. The van der Waals surface area contributed by atoms with E-state index in [1.165, 1.54) is 0 Å². The van der Waals surface area contributed by atoms with Crippen LogP contribution in [0.1, 0.15) is 21.6 Å². The Morgan fingerprint density at radius 3 is 2.24 bits per heavy atom. The minimum Gasteiger partial charge on any atom is -0.298 e. The number of benzene rings is 2. The van der Waals surface area contributed by atoms with Gasteiger partial charge in [0.25, 0.3) is 0 Å². The number of hydrogen-bond donors (Lipinski definition) is 0. The summed E-state index contributed by atoms with van der Waals surface area (Å²) in [5.74, 6) is 5.97. The van der Waals surface area contributed by atoms with Crippen molar-refractivity contribution >= 4 is 6.29 Å². The van der Waals surface area contributed by atoms with Crippen LogP contribution in [0.15, 0.2) is 66.9 Å². The Kier molecular flexibility index (Phi) is 3.62. The van der Waals surface area contributed by atoms with E-state index in [1.54, 1.807) is 10.9 Å². The van der Waals surface area contributed by atoms with Gasteiger partial charge in [0, 0.05) is 11.8 Å². The van der Waals surface area contributed by atoms with E-state index in [2.05, 4.69) is 16.9 Å². The molecule has 0 fully saturated rings. The lowest BCUT2D eigenvalue weighted by Crippen LogP contribution is -1.94. The molecule has 0 aliphatic carbocycles. The number of carbonyl (C=O) groups is 1. The number of aldehydes is 1. The predicted molar refractivity (Wildman–Crippen MR) is 81.4 cm³/mol.